The summed E-state index contributed by atoms with van der Waals surface area (Å²) in [6, 6.07) is 3.73. The van der Waals surface area contributed by atoms with Gasteiger partial charge >= 0.3 is 0 Å². The molecule has 0 fully saturated rings. The molecule has 2 aromatic rings. The molecule has 106 valence electrons. The van der Waals surface area contributed by atoms with Crippen molar-refractivity contribution < 1.29 is 4.74 Å². The first-order valence-corrected chi connectivity index (χ1v) is 6.31. The highest BCUT2D eigenvalue weighted by Gasteiger charge is 2.07. The number of methoxy groups -OCH3 is 1. The highest BCUT2D eigenvalue weighted by Crippen LogP contribution is 2.25. The van der Waals surface area contributed by atoms with Crippen LogP contribution in [0.3, 0.4) is 0 Å². The fourth-order valence-electron chi connectivity index (χ4n) is 1.63. The Hall–Kier alpha value is -2.41. The number of aromatic nitrogens is 3. The number of rotatable bonds is 7. The molecule has 0 aliphatic rings. The maximum Gasteiger partial charge on any atom is 0.159 e. The van der Waals surface area contributed by atoms with Crippen molar-refractivity contribution in [1.82, 2.24) is 15.0 Å². The van der Waals surface area contributed by atoms with Crippen LogP contribution in [-0.2, 0) is 4.74 Å². The summed E-state index contributed by atoms with van der Waals surface area (Å²) in [5.74, 6) is 1.17. The minimum Gasteiger partial charge on any atom is -0.393 e. The van der Waals surface area contributed by atoms with Crippen LogP contribution in [0.15, 0.2) is 30.9 Å². The summed E-state index contributed by atoms with van der Waals surface area (Å²) < 4.78 is 4.99. The Kier molecular flexibility index (Phi) is 5.08. The molecular weight excluding hydrogens is 256 g/mol. The first-order chi connectivity index (χ1) is 9.81. The second-order valence-electron chi connectivity index (χ2n) is 4.12. The summed E-state index contributed by atoms with van der Waals surface area (Å²) in [4.78, 5) is 12.3. The van der Waals surface area contributed by atoms with Gasteiger partial charge in [-0.25, -0.2) is 9.97 Å². The molecule has 0 aliphatic carbocycles. The number of pyridine rings is 1. The molecule has 0 aromatic carbocycles. The number of hydrogen-bond donors (Lipinski definition) is 3. The Morgan fingerprint density at radius 3 is 2.90 bits per heavy atom. The van der Waals surface area contributed by atoms with E-state index in [9.17, 15) is 0 Å². The van der Waals surface area contributed by atoms with Crippen molar-refractivity contribution in [3.63, 3.8) is 0 Å². The summed E-state index contributed by atoms with van der Waals surface area (Å²) in [7, 11) is 1.68. The summed E-state index contributed by atoms with van der Waals surface area (Å²) in [6.45, 7) is 1.43. The highest BCUT2D eigenvalue weighted by molar-refractivity contribution is 5.77. The molecule has 2 heterocycles. The minimum absolute atomic E-state index is 0.480. The van der Waals surface area contributed by atoms with Gasteiger partial charge in [-0.15, -0.1) is 0 Å². The predicted molar refractivity (Wildman–Crippen MR) is 78.9 cm³/mol. The number of nitrogens with two attached hydrogens (primary N) is 1. The molecule has 7 nitrogen and oxygen atoms in total. The van der Waals surface area contributed by atoms with Crippen molar-refractivity contribution in [2.45, 2.75) is 6.42 Å². The van der Waals surface area contributed by atoms with Crippen LogP contribution in [0.5, 0.6) is 0 Å². The van der Waals surface area contributed by atoms with Crippen LogP contribution in [0.1, 0.15) is 6.42 Å². The fourth-order valence-corrected chi connectivity index (χ4v) is 1.63. The smallest absolute Gasteiger partial charge is 0.159 e. The molecule has 4 N–H and O–H groups in total. The van der Waals surface area contributed by atoms with E-state index in [4.69, 9.17) is 10.5 Å². The molecule has 0 atom stereocenters. The lowest BCUT2D eigenvalue weighted by molar-refractivity contribution is 0.198. The molecule has 0 bridgehead atoms. The van der Waals surface area contributed by atoms with Crippen LogP contribution in [0.25, 0.3) is 0 Å². The summed E-state index contributed by atoms with van der Waals surface area (Å²) in [5.41, 5.74) is 7.35. The van der Waals surface area contributed by atoms with E-state index in [1.54, 1.807) is 19.5 Å². The lowest BCUT2D eigenvalue weighted by Crippen LogP contribution is -2.10. The van der Waals surface area contributed by atoms with Gasteiger partial charge < -0.3 is 21.1 Å². The van der Waals surface area contributed by atoms with Crippen LogP contribution in [0.4, 0.5) is 23.0 Å². The van der Waals surface area contributed by atoms with Crippen LogP contribution >= 0.6 is 0 Å². The minimum atomic E-state index is 0.480. The van der Waals surface area contributed by atoms with Gasteiger partial charge in [0.25, 0.3) is 0 Å². The number of hydrogen-bond acceptors (Lipinski definition) is 7. The highest BCUT2D eigenvalue weighted by atomic mass is 16.5. The molecule has 0 unspecified atom stereocenters. The van der Waals surface area contributed by atoms with E-state index in [1.807, 2.05) is 12.1 Å². The van der Waals surface area contributed by atoms with E-state index in [2.05, 4.69) is 25.6 Å². The molecular formula is C13H18N6O. The first kappa shape index (κ1) is 14.0. The zero-order chi connectivity index (χ0) is 14.2. The molecule has 0 amide bonds. The Morgan fingerprint density at radius 2 is 2.15 bits per heavy atom. The van der Waals surface area contributed by atoms with Crippen LogP contribution in [0, 0.1) is 0 Å². The summed E-state index contributed by atoms with van der Waals surface area (Å²) >= 11 is 0. The van der Waals surface area contributed by atoms with Crippen molar-refractivity contribution in [2.24, 2.45) is 0 Å². The van der Waals surface area contributed by atoms with Crippen molar-refractivity contribution >= 4 is 23.0 Å². The zero-order valence-electron chi connectivity index (χ0n) is 11.3. The second-order valence-corrected chi connectivity index (χ2v) is 4.12. The van der Waals surface area contributed by atoms with Gasteiger partial charge in [-0.05, 0) is 18.6 Å². The van der Waals surface area contributed by atoms with Gasteiger partial charge in [0.1, 0.15) is 12.0 Å². The fraction of sp³-hybridized carbons (Fsp3) is 0.308. The largest absolute Gasteiger partial charge is 0.393 e. The van der Waals surface area contributed by atoms with Gasteiger partial charge in [0, 0.05) is 26.5 Å². The first-order valence-electron chi connectivity index (χ1n) is 6.31. The third-order valence-electron chi connectivity index (χ3n) is 2.63. The number of nitrogens with zero attached hydrogens (tertiary/aromatic N) is 3. The quantitative estimate of drug-likeness (QED) is 0.660. The van der Waals surface area contributed by atoms with E-state index < -0.39 is 0 Å². The van der Waals surface area contributed by atoms with Gasteiger partial charge in [-0.3, -0.25) is 4.98 Å². The number of nitrogens with one attached hydrogen (secondary N) is 2. The standard InChI is InChI=1S/C13H18N6O/c1-20-7-3-6-16-12-11(14)13(18-9-17-12)19-10-4-2-5-15-8-10/h2,4-5,8-9H,3,6-7,14H2,1H3,(H2,16,17,18,19). The van der Waals surface area contributed by atoms with Gasteiger partial charge in [0.05, 0.1) is 11.9 Å². The van der Waals surface area contributed by atoms with Crippen LogP contribution < -0.4 is 16.4 Å². The lowest BCUT2D eigenvalue weighted by atomic mass is 10.3. The maximum atomic E-state index is 6.04. The Bertz CT molecular complexity index is 534. The van der Waals surface area contributed by atoms with E-state index in [1.165, 1.54) is 6.33 Å². The van der Waals surface area contributed by atoms with E-state index in [0.717, 1.165) is 18.7 Å². The maximum absolute atomic E-state index is 6.04. The normalized spacial score (nSPS) is 10.2. The Balaban J connectivity index is 2.03. The SMILES string of the molecule is COCCCNc1ncnc(Nc2cccnc2)c1N. The van der Waals surface area contributed by atoms with Gasteiger partial charge in [0.2, 0.25) is 0 Å². The molecule has 0 saturated carbocycles. The van der Waals surface area contributed by atoms with Gasteiger partial charge in [0.15, 0.2) is 11.6 Å². The van der Waals surface area contributed by atoms with E-state index >= 15 is 0 Å². The van der Waals surface area contributed by atoms with E-state index in [-0.39, 0.29) is 0 Å². The molecule has 0 saturated heterocycles. The molecule has 2 rings (SSSR count). The molecule has 0 radical (unpaired) electrons. The summed E-state index contributed by atoms with van der Waals surface area (Å²) in [5, 5.41) is 6.27. The second kappa shape index (κ2) is 7.25. The lowest BCUT2D eigenvalue weighted by Gasteiger charge is -2.12. The molecule has 0 spiro atoms. The van der Waals surface area contributed by atoms with Crippen LogP contribution in [0.2, 0.25) is 0 Å². The number of ether oxygens (including phenoxy) is 1. The third kappa shape index (κ3) is 3.79. The molecule has 0 aliphatic heterocycles. The number of anilines is 4. The van der Waals surface area contributed by atoms with Crippen LogP contribution in [-0.4, -0.2) is 35.2 Å². The average Bonchev–Trinajstić information content (AvgIpc) is 2.48. The molecule has 20 heavy (non-hydrogen) atoms. The molecule has 2 aromatic heterocycles. The predicted octanol–water partition coefficient (Wildman–Crippen LogP) is 1.65. The molecule has 7 heteroatoms. The average molecular weight is 274 g/mol. The van der Waals surface area contributed by atoms with Crippen molar-refractivity contribution in [3.8, 4) is 0 Å². The van der Waals surface area contributed by atoms with Crippen molar-refractivity contribution in [2.75, 3.05) is 36.6 Å². The van der Waals surface area contributed by atoms with Crippen molar-refractivity contribution in [1.29, 1.82) is 0 Å². The van der Waals surface area contributed by atoms with Gasteiger partial charge in [-0.2, -0.15) is 0 Å². The van der Waals surface area contributed by atoms with E-state index in [0.29, 0.717) is 23.9 Å². The van der Waals surface area contributed by atoms with Crippen molar-refractivity contribution in [3.05, 3.63) is 30.9 Å². The Labute approximate surface area is 117 Å². The zero-order valence-corrected chi connectivity index (χ0v) is 11.3. The summed E-state index contributed by atoms with van der Waals surface area (Å²) in [6.07, 6.45) is 5.75. The monoisotopic (exact) mass is 274 g/mol. The number of nitrogen functional groups attached to an aromatic ring is 1. The Morgan fingerprint density at radius 1 is 1.30 bits per heavy atom. The third-order valence-corrected chi connectivity index (χ3v) is 2.63. The van der Waals surface area contributed by atoms with Gasteiger partial charge in [-0.1, -0.05) is 0 Å². The topological polar surface area (TPSA) is 98.0 Å².